The first kappa shape index (κ1) is 34.2. The van der Waals surface area contributed by atoms with E-state index in [1.807, 2.05) is 93.6 Å². The average molecular weight is 648 g/mol. The van der Waals surface area contributed by atoms with Gasteiger partial charge in [-0.15, -0.1) is 11.8 Å². The molecule has 0 aliphatic carbocycles. The zero-order chi connectivity index (χ0) is 32.6. The Kier molecular flexibility index (Phi) is 11.4. The molecular weight excluding hydrogens is 607 g/mol. The highest BCUT2D eigenvalue weighted by molar-refractivity contribution is 7.99. The first-order valence-corrected chi connectivity index (χ1v) is 17.7. The van der Waals surface area contributed by atoms with Gasteiger partial charge < -0.3 is 15.7 Å². The van der Waals surface area contributed by atoms with Crippen molar-refractivity contribution in [3.8, 4) is 0 Å². The second kappa shape index (κ2) is 15.1. The van der Waals surface area contributed by atoms with Crippen molar-refractivity contribution in [2.75, 3.05) is 12.0 Å². The first-order chi connectivity index (χ1) is 21.3. The van der Waals surface area contributed by atoms with Crippen molar-refractivity contribution in [1.82, 2.24) is 15.4 Å². The predicted octanol–water partition coefficient (Wildman–Crippen LogP) is 4.71. The number of aliphatic hydroxyl groups is 1. The Morgan fingerprint density at radius 1 is 0.844 bits per heavy atom. The highest BCUT2D eigenvalue weighted by Crippen LogP contribution is 2.28. The van der Waals surface area contributed by atoms with Gasteiger partial charge in [-0.2, -0.15) is 0 Å². The maximum atomic E-state index is 13.8. The van der Waals surface area contributed by atoms with Crippen LogP contribution in [0.2, 0.25) is 0 Å². The first-order valence-electron chi connectivity index (χ1n) is 14.8. The summed E-state index contributed by atoms with van der Waals surface area (Å²) in [6.45, 7) is 5.69. The fourth-order valence-electron chi connectivity index (χ4n) is 5.05. The lowest BCUT2D eigenvalue weighted by Crippen LogP contribution is -2.54. The van der Waals surface area contributed by atoms with Gasteiger partial charge in [0.15, 0.2) is 0 Å². The quantitative estimate of drug-likeness (QED) is 0.156. The summed E-state index contributed by atoms with van der Waals surface area (Å²) in [6, 6.07) is 28.4. The molecule has 238 valence electrons. The molecule has 4 rings (SSSR count). The van der Waals surface area contributed by atoms with Gasteiger partial charge in [0, 0.05) is 28.2 Å². The lowest BCUT2D eigenvalue weighted by molar-refractivity contribution is -0.123. The number of nitrogens with one attached hydrogen (secondary N) is 3. The molecule has 10 heteroatoms. The third-order valence-electron chi connectivity index (χ3n) is 7.10. The Hall–Kier alpha value is -3.70. The van der Waals surface area contributed by atoms with Crippen molar-refractivity contribution in [3.63, 3.8) is 0 Å². The predicted molar refractivity (Wildman–Crippen MR) is 182 cm³/mol. The number of fused-ring (bicyclic) bond motifs is 1. The molecule has 0 aliphatic heterocycles. The van der Waals surface area contributed by atoms with Gasteiger partial charge in [0.25, 0.3) is 5.91 Å². The molecule has 3 atom stereocenters. The van der Waals surface area contributed by atoms with Crippen molar-refractivity contribution in [1.29, 1.82) is 0 Å². The van der Waals surface area contributed by atoms with Crippen LogP contribution in [0.3, 0.4) is 0 Å². The van der Waals surface area contributed by atoms with Crippen LogP contribution in [-0.4, -0.2) is 61.1 Å². The lowest BCUT2D eigenvalue weighted by atomic mass is 9.93. The Labute approximate surface area is 270 Å². The Balaban J connectivity index is 1.58. The monoisotopic (exact) mass is 647 g/mol. The number of benzene rings is 4. The highest BCUT2D eigenvalue weighted by atomic mass is 32.2. The molecule has 4 aromatic rings. The number of aliphatic hydroxyl groups excluding tert-OH is 1. The maximum Gasteiger partial charge on any atom is 0.251 e. The number of carbonyl (C=O) groups is 2. The molecule has 0 saturated heterocycles. The van der Waals surface area contributed by atoms with Crippen LogP contribution >= 0.6 is 11.8 Å². The van der Waals surface area contributed by atoms with Gasteiger partial charge >= 0.3 is 0 Å². The molecule has 0 saturated carbocycles. The van der Waals surface area contributed by atoms with E-state index in [9.17, 15) is 23.1 Å². The smallest absolute Gasteiger partial charge is 0.251 e. The molecule has 0 spiro atoms. The van der Waals surface area contributed by atoms with Crippen molar-refractivity contribution in [3.05, 3.63) is 114 Å². The van der Waals surface area contributed by atoms with Crippen molar-refractivity contribution >= 4 is 44.4 Å². The van der Waals surface area contributed by atoms with Crippen LogP contribution in [0.25, 0.3) is 10.8 Å². The molecule has 0 aliphatic rings. The molecule has 0 bridgehead atoms. The van der Waals surface area contributed by atoms with E-state index in [0.29, 0.717) is 17.5 Å². The maximum absolute atomic E-state index is 13.8. The van der Waals surface area contributed by atoms with E-state index in [0.717, 1.165) is 27.5 Å². The number of rotatable bonds is 13. The number of carbonyl (C=O) groups excluding carboxylic acids is 2. The van der Waals surface area contributed by atoms with Crippen molar-refractivity contribution in [2.45, 2.75) is 62.2 Å². The van der Waals surface area contributed by atoms with E-state index < -0.39 is 39.7 Å². The SMILES string of the molecule is CC(C)(C)NC(=O)c1ccccc1C[C@@H](O)[C@H](Cc1ccccc1)NC(=O)[C@@H](CSc1cccc2ccccc12)NS(C)(=O)=O. The van der Waals surface area contributed by atoms with Gasteiger partial charge in [-0.25, -0.2) is 13.1 Å². The second-order valence-corrected chi connectivity index (χ2v) is 15.0. The highest BCUT2D eigenvalue weighted by Gasteiger charge is 2.29. The van der Waals surface area contributed by atoms with Crippen molar-refractivity contribution in [2.24, 2.45) is 0 Å². The number of hydrogen-bond donors (Lipinski definition) is 4. The van der Waals surface area contributed by atoms with Crippen LogP contribution in [-0.2, 0) is 27.7 Å². The molecule has 0 unspecified atom stereocenters. The van der Waals surface area contributed by atoms with Gasteiger partial charge in [0.05, 0.1) is 18.4 Å². The molecule has 45 heavy (non-hydrogen) atoms. The fourth-order valence-corrected chi connectivity index (χ4v) is 6.96. The Morgan fingerprint density at radius 3 is 2.20 bits per heavy atom. The molecule has 4 aromatic carbocycles. The molecule has 4 N–H and O–H groups in total. The summed E-state index contributed by atoms with van der Waals surface area (Å²) in [5.74, 6) is -0.666. The minimum Gasteiger partial charge on any atom is -0.391 e. The molecule has 0 fully saturated rings. The topological polar surface area (TPSA) is 125 Å². The summed E-state index contributed by atoms with van der Waals surface area (Å²) in [7, 11) is -3.74. The largest absolute Gasteiger partial charge is 0.391 e. The third kappa shape index (κ3) is 10.4. The van der Waals surface area contributed by atoms with Gasteiger partial charge in [-0.3, -0.25) is 9.59 Å². The molecule has 0 radical (unpaired) electrons. The molecule has 8 nitrogen and oxygen atoms in total. The van der Waals surface area contributed by atoms with E-state index in [1.165, 1.54) is 11.8 Å². The number of sulfonamides is 1. The van der Waals surface area contributed by atoms with Gasteiger partial charge in [-0.05, 0) is 61.2 Å². The minimum absolute atomic E-state index is 0.0977. The molecule has 0 aromatic heterocycles. The van der Waals surface area contributed by atoms with E-state index in [2.05, 4.69) is 15.4 Å². The Bertz CT molecular complexity index is 1720. The summed E-state index contributed by atoms with van der Waals surface area (Å²) in [6.07, 6.45) is 0.334. The van der Waals surface area contributed by atoms with Crippen LogP contribution in [0, 0.1) is 0 Å². The lowest BCUT2D eigenvalue weighted by Gasteiger charge is -2.28. The fraction of sp³-hybridized carbons (Fsp3) is 0.314. The second-order valence-electron chi connectivity index (χ2n) is 12.2. The average Bonchev–Trinajstić information content (AvgIpc) is 2.98. The number of amides is 2. The summed E-state index contributed by atoms with van der Waals surface area (Å²) < 4.78 is 27.2. The van der Waals surface area contributed by atoms with Crippen molar-refractivity contribution < 1.29 is 23.1 Å². The van der Waals surface area contributed by atoms with Crippen LogP contribution in [0.15, 0.2) is 102 Å². The molecule has 2 amide bonds. The summed E-state index contributed by atoms with van der Waals surface area (Å²) in [4.78, 5) is 27.8. The molecular formula is C35H41N3O5S2. The third-order valence-corrected chi connectivity index (χ3v) is 8.98. The minimum atomic E-state index is -3.74. The van der Waals surface area contributed by atoms with E-state index in [4.69, 9.17) is 0 Å². The van der Waals surface area contributed by atoms with E-state index in [1.54, 1.807) is 24.3 Å². The van der Waals surface area contributed by atoms with Gasteiger partial charge in [0.2, 0.25) is 15.9 Å². The summed E-state index contributed by atoms with van der Waals surface area (Å²) >= 11 is 1.38. The van der Waals surface area contributed by atoms with Gasteiger partial charge in [0.1, 0.15) is 6.04 Å². The Morgan fingerprint density at radius 2 is 1.49 bits per heavy atom. The number of hydrogen-bond acceptors (Lipinski definition) is 6. The van der Waals surface area contributed by atoms with Crippen LogP contribution in [0.5, 0.6) is 0 Å². The van der Waals surface area contributed by atoms with Crippen LogP contribution in [0.4, 0.5) is 0 Å². The van der Waals surface area contributed by atoms with Crippen LogP contribution < -0.4 is 15.4 Å². The molecule has 0 heterocycles. The normalized spacial score (nSPS) is 14.0. The summed E-state index contributed by atoms with van der Waals surface area (Å²) in [5.41, 5.74) is 1.52. The summed E-state index contributed by atoms with van der Waals surface area (Å²) in [5, 5.41) is 19.5. The zero-order valence-electron chi connectivity index (χ0n) is 26.0. The van der Waals surface area contributed by atoms with E-state index >= 15 is 0 Å². The van der Waals surface area contributed by atoms with Gasteiger partial charge in [-0.1, -0.05) is 84.9 Å². The van der Waals surface area contributed by atoms with E-state index in [-0.39, 0.29) is 18.1 Å². The van der Waals surface area contributed by atoms with Crippen LogP contribution in [0.1, 0.15) is 42.3 Å². The standard InChI is InChI=1S/C35H41N3O5S2/c1-35(2,3)37-33(40)28-19-11-9-16-26(28)22-31(39)29(21-24-13-6-5-7-14-24)36-34(41)30(38-45(4,42)43)23-44-32-20-12-17-25-15-8-10-18-27(25)32/h5-20,29-31,38-39H,21-23H2,1-4H3,(H,36,41)(H,37,40)/t29-,30+,31+/m0/s1. The number of thioether (sulfide) groups is 1. The zero-order valence-corrected chi connectivity index (χ0v) is 27.6.